The van der Waals surface area contributed by atoms with Gasteiger partial charge in [0.2, 0.25) is 10.0 Å². The van der Waals surface area contributed by atoms with Gasteiger partial charge in [0.25, 0.3) is 14.2 Å². The summed E-state index contributed by atoms with van der Waals surface area (Å²) < 4.78 is 52.4. The van der Waals surface area contributed by atoms with E-state index < -0.39 is 35.1 Å². The smallest absolute Gasteiger partial charge is 0.264 e. The van der Waals surface area contributed by atoms with Crippen LogP contribution in [0.2, 0.25) is 10.1 Å². The van der Waals surface area contributed by atoms with Gasteiger partial charge in [-0.1, -0.05) is 131 Å². The number of allylic oxidation sites excluding steroid dienone is 1. The number of nitrogens with one attached hydrogen (secondary N) is 1. The van der Waals surface area contributed by atoms with E-state index in [0.717, 1.165) is 53.2 Å². The van der Waals surface area contributed by atoms with Crippen LogP contribution in [0.3, 0.4) is 0 Å². The number of amides is 1. The average molecular weight is 908 g/mol. The standard InChI is InChI=1S/C52H63ClN2O6SSi/c1-7-52(59-6)30-14-16-37(2)48(28-31-61-63(50(3,4)5,42-18-10-8-11-19-42)43-20-12-9-13-21-43)62(57,58)54-49(56)39-23-27-47-46(33-39)55(34-40-22-25-45(40)52)35-51(36-60-47)29-15-17-38-32-41(53)24-26-44(38)51/h7-14,18-21,23-24,26-27,30,32-33,37,40,45,48H,1,15-17,22,25,28-29,31,34-36H2,2-6H3,(H,54,56)/b30-14+/t37-,40-,45+,48+,51-,52+/m0/s1. The first-order valence-corrected chi connectivity index (χ1v) is 26.5. The van der Waals surface area contributed by atoms with Crippen molar-refractivity contribution in [2.75, 3.05) is 38.3 Å². The first kappa shape index (κ1) is 45.4. The lowest BCUT2D eigenvalue weighted by atomic mass is 9.64. The first-order valence-electron chi connectivity index (χ1n) is 22.6. The number of ether oxygens (including phenoxy) is 2. The number of sulfonamides is 1. The Morgan fingerprint density at radius 1 is 1.00 bits per heavy atom. The molecule has 11 heteroatoms. The number of hydrogen-bond acceptors (Lipinski definition) is 7. The van der Waals surface area contributed by atoms with Gasteiger partial charge in [-0.2, -0.15) is 0 Å². The summed E-state index contributed by atoms with van der Waals surface area (Å²) in [6.07, 6.45) is 11.6. The lowest BCUT2D eigenvalue weighted by molar-refractivity contribution is -0.0415. The zero-order valence-corrected chi connectivity index (χ0v) is 40.0. The monoisotopic (exact) mass is 906 g/mol. The largest absolute Gasteiger partial charge is 0.490 e. The van der Waals surface area contributed by atoms with Gasteiger partial charge in [0.15, 0.2) is 0 Å². The molecule has 334 valence electrons. The second-order valence-electron chi connectivity index (χ2n) is 19.4. The van der Waals surface area contributed by atoms with E-state index in [4.69, 9.17) is 25.5 Å². The number of fused-ring (bicyclic) bond motifs is 4. The minimum Gasteiger partial charge on any atom is -0.490 e. The number of rotatable bonds is 8. The Bertz CT molecular complexity index is 2400. The van der Waals surface area contributed by atoms with E-state index in [1.54, 1.807) is 13.2 Å². The highest BCUT2D eigenvalue weighted by atomic mass is 35.5. The Labute approximate surface area is 381 Å². The normalized spacial score (nSPS) is 27.7. The summed E-state index contributed by atoms with van der Waals surface area (Å²) in [6, 6.07) is 32.3. The molecule has 4 aromatic rings. The summed E-state index contributed by atoms with van der Waals surface area (Å²) in [5, 5.41) is 1.73. The molecule has 1 amide bonds. The van der Waals surface area contributed by atoms with Crippen molar-refractivity contribution in [1.29, 1.82) is 0 Å². The fourth-order valence-electron chi connectivity index (χ4n) is 11.3. The van der Waals surface area contributed by atoms with Gasteiger partial charge in [-0.05, 0) is 120 Å². The van der Waals surface area contributed by atoms with Crippen LogP contribution in [0, 0.1) is 17.8 Å². The second-order valence-corrected chi connectivity index (χ2v) is 26.1. The van der Waals surface area contributed by atoms with Crippen molar-refractivity contribution in [3.05, 3.63) is 144 Å². The third-order valence-electron chi connectivity index (χ3n) is 14.7. The van der Waals surface area contributed by atoms with Crippen LogP contribution in [0.5, 0.6) is 5.75 Å². The van der Waals surface area contributed by atoms with Gasteiger partial charge in [-0.15, -0.1) is 0 Å². The van der Waals surface area contributed by atoms with Gasteiger partial charge in [-0.3, -0.25) is 4.79 Å². The zero-order valence-electron chi connectivity index (χ0n) is 37.4. The number of carbonyl (C=O) groups excluding carboxylic acids is 1. The molecule has 4 aliphatic rings. The fourth-order valence-corrected chi connectivity index (χ4v) is 17.7. The minimum atomic E-state index is -4.23. The molecule has 63 heavy (non-hydrogen) atoms. The van der Waals surface area contributed by atoms with E-state index in [9.17, 15) is 13.2 Å². The highest BCUT2D eigenvalue weighted by molar-refractivity contribution is 7.90. The van der Waals surface area contributed by atoms with E-state index in [1.165, 1.54) is 11.1 Å². The molecule has 6 atom stereocenters. The number of methoxy groups -OCH3 is 1. The fraction of sp³-hybridized carbons (Fsp3) is 0.442. The van der Waals surface area contributed by atoms with E-state index in [1.807, 2.05) is 67.6 Å². The van der Waals surface area contributed by atoms with Gasteiger partial charge in [0.1, 0.15) is 11.4 Å². The van der Waals surface area contributed by atoms with Crippen LogP contribution in [-0.2, 0) is 31.0 Å². The molecule has 1 spiro atoms. The predicted molar refractivity (Wildman–Crippen MR) is 258 cm³/mol. The summed E-state index contributed by atoms with van der Waals surface area (Å²) in [7, 11) is -5.46. The number of nitrogens with zero attached hydrogens (tertiary/aromatic N) is 1. The first-order chi connectivity index (χ1) is 30.1. The van der Waals surface area contributed by atoms with Gasteiger partial charge >= 0.3 is 0 Å². The Morgan fingerprint density at radius 3 is 2.35 bits per heavy atom. The molecule has 1 fully saturated rings. The van der Waals surface area contributed by atoms with Crippen LogP contribution in [-0.4, -0.2) is 66.9 Å². The van der Waals surface area contributed by atoms with Crippen molar-refractivity contribution in [2.45, 2.75) is 93.9 Å². The van der Waals surface area contributed by atoms with Crippen molar-refractivity contribution in [3.8, 4) is 5.75 Å². The quantitative estimate of drug-likeness (QED) is 0.139. The Hall–Kier alpha value is -4.19. The van der Waals surface area contributed by atoms with Gasteiger partial charge in [-0.25, -0.2) is 13.1 Å². The number of halogens is 1. The number of aryl methyl sites for hydroxylation is 1. The maximum atomic E-state index is 14.8. The van der Waals surface area contributed by atoms with Crippen LogP contribution >= 0.6 is 11.6 Å². The molecule has 0 aromatic heterocycles. The molecule has 8 rings (SSSR count). The van der Waals surface area contributed by atoms with Crippen LogP contribution in [0.1, 0.15) is 87.7 Å². The van der Waals surface area contributed by atoms with Crippen molar-refractivity contribution >= 4 is 51.9 Å². The Balaban J connectivity index is 1.17. The minimum absolute atomic E-state index is 0.145. The highest BCUT2D eigenvalue weighted by Crippen LogP contribution is 2.49. The summed E-state index contributed by atoms with van der Waals surface area (Å²) in [6.45, 7) is 14.9. The molecule has 2 bridgehead atoms. The number of anilines is 1. The maximum absolute atomic E-state index is 14.8. The van der Waals surface area contributed by atoms with Gasteiger partial charge in [0.05, 0.1) is 17.5 Å². The molecule has 4 aromatic carbocycles. The van der Waals surface area contributed by atoms with Crippen molar-refractivity contribution < 1.29 is 27.1 Å². The molecule has 1 saturated carbocycles. The molecular formula is C52H63ClN2O6SSi. The lowest BCUT2D eigenvalue weighted by Crippen LogP contribution is -2.66. The molecule has 0 saturated heterocycles. The highest BCUT2D eigenvalue weighted by Gasteiger charge is 2.51. The molecule has 2 aliphatic heterocycles. The third kappa shape index (κ3) is 8.59. The molecule has 1 N–H and O–H groups in total. The van der Waals surface area contributed by atoms with Crippen LogP contribution in [0.15, 0.2) is 122 Å². The van der Waals surface area contributed by atoms with E-state index >= 15 is 0 Å². The molecule has 8 nitrogen and oxygen atoms in total. The van der Waals surface area contributed by atoms with Gasteiger partial charge < -0.3 is 18.8 Å². The van der Waals surface area contributed by atoms with Crippen molar-refractivity contribution in [3.63, 3.8) is 0 Å². The molecular weight excluding hydrogens is 844 g/mol. The predicted octanol–water partition coefficient (Wildman–Crippen LogP) is 9.40. The van der Waals surface area contributed by atoms with E-state index in [0.29, 0.717) is 31.9 Å². The molecule has 0 radical (unpaired) electrons. The summed E-state index contributed by atoms with van der Waals surface area (Å²) >= 11 is 6.52. The van der Waals surface area contributed by atoms with Crippen LogP contribution in [0.4, 0.5) is 5.69 Å². The Morgan fingerprint density at radius 2 is 1.71 bits per heavy atom. The van der Waals surface area contributed by atoms with Crippen molar-refractivity contribution in [1.82, 2.24) is 4.72 Å². The summed E-state index contributed by atoms with van der Waals surface area (Å²) in [5.41, 5.74) is 2.51. The number of carbonyl (C=O) groups is 1. The lowest BCUT2D eigenvalue weighted by Gasteiger charge is -2.49. The van der Waals surface area contributed by atoms with E-state index in [-0.39, 0.29) is 46.8 Å². The topological polar surface area (TPSA) is 94.2 Å². The Kier molecular flexibility index (Phi) is 13.0. The van der Waals surface area contributed by atoms with Crippen molar-refractivity contribution in [2.24, 2.45) is 17.8 Å². The molecule has 0 unspecified atom stereocenters. The zero-order chi connectivity index (χ0) is 44.6. The van der Waals surface area contributed by atoms with Crippen LogP contribution in [0.25, 0.3) is 0 Å². The maximum Gasteiger partial charge on any atom is 0.264 e. The molecule has 2 aliphatic carbocycles. The third-order valence-corrected chi connectivity index (χ3v) is 22.0. The number of hydrogen-bond donors (Lipinski definition) is 1. The summed E-state index contributed by atoms with van der Waals surface area (Å²) in [4.78, 5) is 16.7. The van der Waals surface area contributed by atoms with Gasteiger partial charge in [0, 0.05) is 42.8 Å². The SMILES string of the molecule is C=C[C@@]1(OC)/C=C/C[C@H](C)[C@@H](CCO[Si](c2ccccc2)(c2ccccc2)C(C)(C)C)S(=O)(=O)NC(=O)c2ccc3c(c2)N(C[C@@H]2CC[C@H]21)C[C@@]1(CCCc2cc(Cl)ccc21)CO3. The van der Waals surface area contributed by atoms with E-state index in [2.05, 4.69) is 85.5 Å². The van der Waals surface area contributed by atoms with Crippen LogP contribution < -0.4 is 24.7 Å². The second kappa shape index (κ2) is 18.0. The average Bonchev–Trinajstić information content (AvgIpc) is 3.40. The molecule has 2 heterocycles. The number of benzene rings is 4. The summed E-state index contributed by atoms with van der Waals surface area (Å²) in [5.74, 6) is 0.0515.